The van der Waals surface area contributed by atoms with Crippen LogP contribution in [-0.4, -0.2) is 14.3 Å². The number of nitrogens with one attached hydrogen (secondary N) is 1. The highest BCUT2D eigenvalue weighted by atomic mass is 32.2. The van der Waals surface area contributed by atoms with Crippen LogP contribution in [0.3, 0.4) is 0 Å². The highest BCUT2D eigenvalue weighted by molar-refractivity contribution is 7.90. The molecule has 0 aliphatic carbocycles. The van der Waals surface area contributed by atoms with E-state index in [9.17, 15) is 13.2 Å². The zero-order chi connectivity index (χ0) is 17.9. The molecule has 0 radical (unpaired) electrons. The summed E-state index contributed by atoms with van der Waals surface area (Å²) in [6.07, 6.45) is 0. The molecular weight excluding hydrogens is 358 g/mol. The van der Waals surface area contributed by atoms with Crippen molar-refractivity contribution >= 4 is 27.1 Å². The molecule has 2 aromatic heterocycles. The molecule has 7 heteroatoms. The molecule has 25 heavy (non-hydrogen) atoms. The van der Waals surface area contributed by atoms with Gasteiger partial charge >= 0.3 is 0 Å². The van der Waals surface area contributed by atoms with Gasteiger partial charge in [0, 0.05) is 4.88 Å². The quantitative estimate of drug-likeness (QED) is 0.711. The summed E-state index contributed by atoms with van der Waals surface area (Å²) in [7, 11) is -3.51. The fourth-order valence-corrected chi connectivity index (χ4v) is 4.36. The Labute approximate surface area is 150 Å². The number of thiophene rings is 1. The number of furan rings is 1. The molecule has 2 heterocycles. The van der Waals surface area contributed by atoms with Gasteiger partial charge in [-0.3, -0.25) is 4.79 Å². The Bertz CT molecular complexity index is 944. The highest BCUT2D eigenvalue weighted by Gasteiger charge is 2.20. The second-order valence-corrected chi connectivity index (χ2v) is 8.52. The third-order valence-electron chi connectivity index (χ3n) is 3.64. The Hall–Kier alpha value is -2.38. The van der Waals surface area contributed by atoms with Crippen LogP contribution in [0.25, 0.3) is 0 Å². The van der Waals surface area contributed by atoms with E-state index >= 15 is 0 Å². The zero-order valence-corrected chi connectivity index (χ0v) is 15.1. The van der Waals surface area contributed by atoms with Crippen molar-refractivity contribution in [2.24, 2.45) is 0 Å². The average Bonchev–Trinajstić information content (AvgIpc) is 3.27. The predicted octanol–water partition coefficient (Wildman–Crippen LogP) is 3.81. The van der Waals surface area contributed by atoms with Crippen molar-refractivity contribution in [3.05, 3.63) is 76.4 Å². The number of sulfone groups is 1. The van der Waals surface area contributed by atoms with Crippen molar-refractivity contribution in [2.75, 3.05) is 0 Å². The lowest BCUT2D eigenvalue weighted by Crippen LogP contribution is -2.25. The molecular formula is C18H17NO4S2. The molecule has 1 amide bonds. The topological polar surface area (TPSA) is 76.4 Å². The Morgan fingerprint density at radius 3 is 2.56 bits per heavy atom. The summed E-state index contributed by atoms with van der Waals surface area (Å²) in [6, 6.07) is 14.9. The minimum absolute atomic E-state index is 0.0988. The largest absolute Gasteiger partial charge is 0.455 e. The highest BCUT2D eigenvalue weighted by Crippen LogP contribution is 2.20. The van der Waals surface area contributed by atoms with Gasteiger partial charge in [-0.25, -0.2) is 8.42 Å². The maximum absolute atomic E-state index is 12.4. The van der Waals surface area contributed by atoms with Gasteiger partial charge < -0.3 is 9.73 Å². The molecule has 5 nitrogen and oxygen atoms in total. The Morgan fingerprint density at radius 2 is 1.88 bits per heavy atom. The molecule has 1 aromatic carbocycles. The molecule has 0 unspecified atom stereocenters. The van der Waals surface area contributed by atoms with Gasteiger partial charge in [-0.2, -0.15) is 0 Å². The van der Waals surface area contributed by atoms with Gasteiger partial charge in [0.05, 0.1) is 10.9 Å². The summed E-state index contributed by atoms with van der Waals surface area (Å²) in [5.41, 5.74) is 0. The summed E-state index contributed by atoms with van der Waals surface area (Å²) in [4.78, 5) is 13.5. The van der Waals surface area contributed by atoms with E-state index in [-0.39, 0.29) is 34.1 Å². The molecule has 0 aliphatic heterocycles. The lowest BCUT2D eigenvalue weighted by molar-refractivity contribution is 0.0911. The first-order chi connectivity index (χ1) is 12.0. The summed E-state index contributed by atoms with van der Waals surface area (Å²) in [6.45, 7) is 1.88. The van der Waals surface area contributed by atoms with E-state index in [0.717, 1.165) is 4.88 Å². The van der Waals surface area contributed by atoms with Gasteiger partial charge in [0.2, 0.25) is 0 Å². The average molecular weight is 375 g/mol. The van der Waals surface area contributed by atoms with E-state index in [4.69, 9.17) is 4.42 Å². The number of rotatable bonds is 6. The van der Waals surface area contributed by atoms with Gasteiger partial charge in [0.15, 0.2) is 15.6 Å². The number of amides is 1. The van der Waals surface area contributed by atoms with Crippen LogP contribution in [0.2, 0.25) is 0 Å². The number of carbonyl (C=O) groups excluding carboxylic acids is 1. The minimum Gasteiger partial charge on any atom is -0.455 e. The molecule has 0 aliphatic rings. The van der Waals surface area contributed by atoms with Gasteiger partial charge in [0.1, 0.15) is 11.5 Å². The number of carbonyl (C=O) groups is 1. The van der Waals surface area contributed by atoms with E-state index in [2.05, 4.69) is 5.32 Å². The summed E-state index contributed by atoms with van der Waals surface area (Å²) in [5, 5.41) is 4.78. The smallest absolute Gasteiger partial charge is 0.287 e. The van der Waals surface area contributed by atoms with Crippen LogP contribution in [-0.2, 0) is 15.6 Å². The van der Waals surface area contributed by atoms with Crippen LogP contribution in [0.4, 0.5) is 0 Å². The van der Waals surface area contributed by atoms with E-state index in [1.54, 1.807) is 29.5 Å². The minimum atomic E-state index is -3.51. The van der Waals surface area contributed by atoms with Crippen molar-refractivity contribution in [1.29, 1.82) is 0 Å². The number of hydrogen-bond acceptors (Lipinski definition) is 5. The molecule has 1 atom stereocenters. The molecule has 3 rings (SSSR count). The van der Waals surface area contributed by atoms with E-state index in [1.807, 2.05) is 24.4 Å². The predicted molar refractivity (Wildman–Crippen MR) is 96.2 cm³/mol. The van der Waals surface area contributed by atoms with Gasteiger partial charge in [-0.15, -0.1) is 11.3 Å². The van der Waals surface area contributed by atoms with Crippen LogP contribution < -0.4 is 5.32 Å². The van der Waals surface area contributed by atoms with E-state index < -0.39 is 9.84 Å². The monoisotopic (exact) mass is 375 g/mol. The summed E-state index contributed by atoms with van der Waals surface area (Å²) < 4.78 is 30.1. The van der Waals surface area contributed by atoms with Gasteiger partial charge in [0.25, 0.3) is 5.91 Å². The SMILES string of the molecule is C[C@H](NC(=O)c1ccc(CS(=O)(=O)c2ccccc2)o1)c1cccs1. The summed E-state index contributed by atoms with van der Waals surface area (Å²) >= 11 is 1.55. The van der Waals surface area contributed by atoms with Crippen molar-refractivity contribution in [3.8, 4) is 0 Å². The summed E-state index contributed by atoms with van der Waals surface area (Å²) in [5.74, 6) is -0.325. The fraction of sp³-hybridized carbons (Fsp3) is 0.167. The molecule has 130 valence electrons. The zero-order valence-electron chi connectivity index (χ0n) is 13.5. The first-order valence-corrected chi connectivity index (χ1v) is 10.2. The van der Waals surface area contributed by atoms with Crippen LogP contribution in [0.15, 0.2) is 69.3 Å². The van der Waals surface area contributed by atoms with Crippen LogP contribution in [0, 0.1) is 0 Å². The van der Waals surface area contributed by atoms with Crippen LogP contribution in [0.1, 0.15) is 34.2 Å². The Balaban J connectivity index is 1.69. The van der Waals surface area contributed by atoms with Crippen molar-refractivity contribution in [3.63, 3.8) is 0 Å². The van der Waals surface area contributed by atoms with E-state index in [1.165, 1.54) is 24.3 Å². The second-order valence-electron chi connectivity index (χ2n) is 5.55. The lowest BCUT2D eigenvalue weighted by Gasteiger charge is -2.10. The molecule has 0 spiro atoms. The normalized spacial score (nSPS) is 12.7. The Kier molecular flexibility index (Phi) is 5.06. The fourth-order valence-electron chi connectivity index (χ4n) is 2.35. The first-order valence-electron chi connectivity index (χ1n) is 7.66. The number of hydrogen-bond donors (Lipinski definition) is 1. The van der Waals surface area contributed by atoms with Crippen molar-refractivity contribution < 1.29 is 17.6 Å². The molecule has 0 bridgehead atoms. The molecule has 0 saturated carbocycles. The van der Waals surface area contributed by atoms with E-state index in [0.29, 0.717) is 0 Å². The molecule has 1 N–H and O–H groups in total. The third kappa shape index (κ3) is 4.18. The maximum Gasteiger partial charge on any atom is 0.287 e. The standard InChI is InChI=1S/C18H17NO4S2/c1-13(17-8-5-11-24-17)19-18(20)16-10-9-14(23-16)12-25(21,22)15-6-3-2-4-7-15/h2-11,13H,12H2,1H3,(H,19,20)/t13-/m0/s1. The lowest BCUT2D eigenvalue weighted by atomic mass is 10.2. The van der Waals surface area contributed by atoms with Crippen molar-refractivity contribution in [1.82, 2.24) is 5.32 Å². The molecule has 0 saturated heterocycles. The Morgan fingerprint density at radius 1 is 1.12 bits per heavy atom. The first kappa shape index (κ1) is 17.4. The molecule has 3 aromatic rings. The molecule has 0 fully saturated rings. The third-order valence-corrected chi connectivity index (χ3v) is 6.35. The second kappa shape index (κ2) is 7.25. The van der Waals surface area contributed by atoms with Gasteiger partial charge in [-0.1, -0.05) is 24.3 Å². The number of benzene rings is 1. The van der Waals surface area contributed by atoms with Crippen LogP contribution in [0.5, 0.6) is 0 Å². The maximum atomic E-state index is 12.4. The van der Waals surface area contributed by atoms with Crippen molar-refractivity contribution in [2.45, 2.75) is 23.6 Å². The van der Waals surface area contributed by atoms with Gasteiger partial charge in [-0.05, 0) is 42.6 Å². The van der Waals surface area contributed by atoms with Crippen LogP contribution >= 0.6 is 11.3 Å².